The SMILES string of the molecule is CC(C)(C)N1CC2CC1CN2c1nc(-c2ccnc(Cl)c2)cc2nccn12. The van der Waals surface area contributed by atoms with E-state index in [2.05, 4.69) is 44.9 Å². The molecule has 0 aromatic carbocycles. The number of hydrogen-bond acceptors (Lipinski definition) is 5. The second-order valence-electron chi connectivity index (χ2n) is 8.48. The molecule has 7 heteroatoms. The highest BCUT2D eigenvalue weighted by Gasteiger charge is 2.47. The Morgan fingerprint density at radius 1 is 1.07 bits per heavy atom. The lowest BCUT2D eigenvalue weighted by Crippen LogP contribution is -2.54. The number of pyridine rings is 1. The topological polar surface area (TPSA) is 49.6 Å². The number of anilines is 1. The fourth-order valence-corrected chi connectivity index (χ4v) is 4.73. The fraction of sp³-hybridized carbons (Fsp3) is 0.450. The lowest BCUT2D eigenvalue weighted by atomic mass is 10.0. The van der Waals surface area contributed by atoms with Crippen LogP contribution in [0.5, 0.6) is 0 Å². The van der Waals surface area contributed by atoms with Gasteiger partial charge in [-0.05, 0) is 39.3 Å². The van der Waals surface area contributed by atoms with Crippen LogP contribution in [0.3, 0.4) is 0 Å². The van der Waals surface area contributed by atoms with Crippen LogP contribution < -0.4 is 4.90 Å². The standard InChI is InChI=1S/C20H23ClN6/c1-20(2,3)27-12-14-9-15(27)11-26(14)19-24-16(10-18-23-6-7-25(18)19)13-4-5-22-17(21)8-13/h4-8,10,14-15H,9,11-12H2,1-3H3. The number of rotatable bonds is 2. The minimum absolute atomic E-state index is 0.207. The van der Waals surface area contributed by atoms with Gasteiger partial charge in [0.15, 0.2) is 0 Å². The third-order valence-corrected chi connectivity index (χ3v) is 5.96. The van der Waals surface area contributed by atoms with Crippen LogP contribution in [0.1, 0.15) is 27.2 Å². The van der Waals surface area contributed by atoms with Crippen molar-refractivity contribution in [3.05, 3.63) is 41.9 Å². The Kier molecular flexibility index (Phi) is 3.71. The lowest BCUT2D eigenvalue weighted by Gasteiger charge is -2.42. The van der Waals surface area contributed by atoms with Crippen LogP contribution in [-0.4, -0.2) is 55.0 Å². The lowest BCUT2D eigenvalue weighted by molar-refractivity contribution is 0.112. The largest absolute Gasteiger partial charge is 0.336 e. The molecular weight excluding hydrogens is 360 g/mol. The van der Waals surface area contributed by atoms with E-state index in [0.29, 0.717) is 17.2 Å². The summed E-state index contributed by atoms with van der Waals surface area (Å²) in [7, 11) is 0. The summed E-state index contributed by atoms with van der Waals surface area (Å²) in [6.07, 6.45) is 6.74. The van der Waals surface area contributed by atoms with E-state index in [9.17, 15) is 0 Å². The van der Waals surface area contributed by atoms with Gasteiger partial charge in [0.25, 0.3) is 0 Å². The molecule has 5 heterocycles. The average Bonchev–Trinajstić information content (AvgIpc) is 3.35. The zero-order valence-corrected chi connectivity index (χ0v) is 16.6. The third-order valence-electron chi connectivity index (χ3n) is 5.75. The molecule has 2 aliphatic rings. The molecule has 0 amide bonds. The van der Waals surface area contributed by atoms with Crippen LogP contribution in [0, 0.1) is 0 Å². The zero-order chi connectivity index (χ0) is 18.8. The Hall–Kier alpha value is -2.18. The van der Waals surface area contributed by atoms with Gasteiger partial charge in [0, 0.05) is 60.9 Å². The molecule has 0 aliphatic carbocycles. The number of fused-ring (bicyclic) bond motifs is 3. The minimum Gasteiger partial charge on any atom is -0.336 e. The van der Waals surface area contributed by atoms with Gasteiger partial charge >= 0.3 is 0 Å². The Labute approximate surface area is 163 Å². The van der Waals surface area contributed by atoms with Crippen molar-refractivity contribution in [3.8, 4) is 11.3 Å². The van der Waals surface area contributed by atoms with E-state index in [1.165, 1.54) is 6.42 Å². The molecule has 3 aromatic heterocycles. The number of piperazine rings is 1. The smallest absolute Gasteiger partial charge is 0.212 e. The summed E-state index contributed by atoms with van der Waals surface area (Å²) in [5.74, 6) is 0.967. The maximum absolute atomic E-state index is 6.09. The maximum atomic E-state index is 6.09. The second-order valence-corrected chi connectivity index (χ2v) is 8.87. The molecule has 2 unspecified atom stereocenters. The number of likely N-dealkylation sites (tertiary alicyclic amines) is 1. The summed E-state index contributed by atoms with van der Waals surface area (Å²) in [4.78, 5) is 18.7. The molecule has 2 fully saturated rings. The van der Waals surface area contributed by atoms with Crippen molar-refractivity contribution < 1.29 is 0 Å². The molecule has 0 saturated carbocycles. The van der Waals surface area contributed by atoms with Crippen molar-refractivity contribution in [1.29, 1.82) is 0 Å². The predicted octanol–water partition coefficient (Wildman–Crippen LogP) is 3.51. The normalized spacial score (nSPS) is 22.9. The number of halogens is 1. The van der Waals surface area contributed by atoms with E-state index in [1.807, 2.05) is 30.6 Å². The van der Waals surface area contributed by atoms with E-state index >= 15 is 0 Å². The molecule has 2 atom stereocenters. The van der Waals surface area contributed by atoms with Crippen LogP contribution >= 0.6 is 11.6 Å². The van der Waals surface area contributed by atoms with Crippen molar-refractivity contribution in [1.82, 2.24) is 24.3 Å². The Morgan fingerprint density at radius 2 is 1.93 bits per heavy atom. The van der Waals surface area contributed by atoms with Gasteiger partial charge in [-0.2, -0.15) is 0 Å². The van der Waals surface area contributed by atoms with E-state index in [4.69, 9.17) is 16.6 Å². The number of imidazole rings is 1. The highest BCUT2D eigenvalue weighted by atomic mass is 35.5. The van der Waals surface area contributed by atoms with Crippen LogP contribution in [-0.2, 0) is 0 Å². The van der Waals surface area contributed by atoms with Gasteiger partial charge < -0.3 is 4.90 Å². The Bertz CT molecular complexity index is 1010. The summed E-state index contributed by atoms with van der Waals surface area (Å²) in [5, 5.41) is 0.472. The van der Waals surface area contributed by atoms with Gasteiger partial charge in [0.2, 0.25) is 5.95 Å². The summed E-state index contributed by atoms with van der Waals surface area (Å²) in [6.45, 7) is 8.99. The molecule has 140 valence electrons. The number of aromatic nitrogens is 4. The number of nitrogens with zero attached hydrogens (tertiary/aromatic N) is 6. The van der Waals surface area contributed by atoms with E-state index in [1.54, 1.807) is 6.20 Å². The number of hydrogen-bond donors (Lipinski definition) is 0. The van der Waals surface area contributed by atoms with Gasteiger partial charge in [-0.1, -0.05) is 11.6 Å². The predicted molar refractivity (Wildman–Crippen MR) is 107 cm³/mol. The van der Waals surface area contributed by atoms with Gasteiger partial charge in [-0.15, -0.1) is 0 Å². The first-order chi connectivity index (χ1) is 12.9. The maximum Gasteiger partial charge on any atom is 0.212 e. The molecule has 6 nitrogen and oxygen atoms in total. The van der Waals surface area contributed by atoms with Crippen LogP contribution in [0.2, 0.25) is 5.15 Å². The summed E-state index contributed by atoms with van der Waals surface area (Å²) in [6, 6.07) is 6.86. The van der Waals surface area contributed by atoms with Crippen molar-refractivity contribution in [2.75, 3.05) is 18.0 Å². The summed E-state index contributed by atoms with van der Waals surface area (Å²) >= 11 is 6.09. The first-order valence-electron chi connectivity index (χ1n) is 9.39. The second kappa shape index (κ2) is 5.91. The van der Waals surface area contributed by atoms with Crippen molar-refractivity contribution in [2.24, 2.45) is 0 Å². The molecule has 2 bridgehead atoms. The highest BCUT2D eigenvalue weighted by Crippen LogP contribution is 2.38. The Balaban J connectivity index is 1.56. The monoisotopic (exact) mass is 382 g/mol. The Morgan fingerprint density at radius 3 is 2.63 bits per heavy atom. The van der Waals surface area contributed by atoms with Crippen molar-refractivity contribution in [2.45, 2.75) is 44.8 Å². The molecular formula is C20H23ClN6. The quantitative estimate of drug-likeness (QED) is 0.635. The van der Waals surface area contributed by atoms with E-state index in [0.717, 1.165) is 35.9 Å². The first kappa shape index (κ1) is 17.0. The fourth-order valence-electron chi connectivity index (χ4n) is 4.55. The summed E-state index contributed by atoms with van der Waals surface area (Å²) in [5.41, 5.74) is 2.95. The van der Waals surface area contributed by atoms with Gasteiger partial charge in [-0.3, -0.25) is 9.30 Å². The summed E-state index contributed by atoms with van der Waals surface area (Å²) < 4.78 is 2.09. The molecule has 2 aliphatic heterocycles. The average molecular weight is 383 g/mol. The van der Waals surface area contributed by atoms with E-state index < -0.39 is 0 Å². The van der Waals surface area contributed by atoms with Gasteiger partial charge in [0.05, 0.1) is 5.69 Å². The highest BCUT2D eigenvalue weighted by molar-refractivity contribution is 6.29. The minimum atomic E-state index is 0.207. The van der Waals surface area contributed by atoms with Crippen molar-refractivity contribution >= 4 is 23.2 Å². The van der Waals surface area contributed by atoms with Crippen LogP contribution in [0.15, 0.2) is 36.8 Å². The van der Waals surface area contributed by atoms with Crippen LogP contribution in [0.4, 0.5) is 5.95 Å². The third kappa shape index (κ3) is 2.78. The molecule has 2 saturated heterocycles. The van der Waals surface area contributed by atoms with Gasteiger partial charge in [-0.25, -0.2) is 15.0 Å². The van der Waals surface area contributed by atoms with Crippen LogP contribution in [0.25, 0.3) is 16.9 Å². The molecule has 0 N–H and O–H groups in total. The van der Waals surface area contributed by atoms with E-state index in [-0.39, 0.29) is 5.54 Å². The first-order valence-corrected chi connectivity index (χ1v) is 9.77. The van der Waals surface area contributed by atoms with Crippen molar-refractivity contribution in [3.63, 3.8) is 0 Å². The molecule has 3 aromatic rings. The molecule has 27 heavy (non-hydrogen) atoms. The molecule has 0 spiro atoms. The molecule has 0 radical (unpaired) electrons. The zero-order valence-electron chi connectivity index (χ0n) is 15.8. The molecule has 5 rings (SSSR count). The van der Waals surface area contributed by atoms with Gasteiger partial charge in [0.1, 0.15) is 10.8 Å².